The van der Waals surface area contributed by atoms with Crippen LogP contribution in [0.15, 0.2) is 42.1 Å². The van der Waals surface area contributed by atoms with Gasteiger partial charge < -0.3 is 20.1 Å². The second-order valence-electron chi connectivity index (χ2n) is 6.11. The highest BCUT2D eigenvalue weighted by Gasteiger charge is 2.13. The van der Waals surface area contributed by atoms with E-state index >= 15 is 0 Å². The average molecular weight is 368 g/mol. The molecule has 0 aliphatic heterocycles. The zero-order chi connectivity index (χ0) is 20.0. The number of ether oxygens (including phenoxy) is 2. The quantitative estimate of drug-likeness (QED) is 0.766. The van der Waals surface area contributed by atoms with Crippen molar-refractivity contribution in [2.45, 2.75) is 20.8 Å². The largest absolute Gasteiger partial charge is 0.493 e. The van der Waals surface area contributed by atoms with Gasteiger partial charge in [-0.1, -0.05) is 12.1 Å². The van der Waals surface area contributed by atoms with Crippen LogP contribution in [0.5, 0.6) is 11.5 Å². The van der Waals surface area contributed by atoms with Gasteiger partial charge in [-0.25, -0.2) is 0 Å². The molecule has 6 heteroatoms. The summed E-state index contributed by atoms with van der Waals surface area (Å²) < 4.78 is 10.5. The number of anilines is 1. The van der Waals surface area contributed by atoms with Crippen LogP contribution in [0.4, 0.5) is 5.69 Å². The number of carbonyl (C=O) groups is 2. The second-order valence-corrected chi connectivity index (χ2v) is 6.11. The highest BCUT2D eigenvalue weighted by molar-refractivity contribution is 6.08. The van der Waals surface area contributed by atoms with Gasteiger partial charge in [-0.05, 0) is 60.9 Å². The minimum atomic E-state index is -0.414. The van der Waals surface area contributed by atoms with Crippen molar-refractivity contribution in [2.24, 2.45) is 0 Å². The SMILES string of the molecule is COc1ccc(/C=C(/NC(C)=O)C(=O)Nc2ccc(C)c(C)c2)cc1OC. The highest BCUT2D eigenvalue weighted by Crippen LogP contribution is 2.28. The van der Waals surface area contributed by atoms with Crippen molar-refractivity contribution in [1.29, 1.82) is 0 Å². The smallest absolute Gasteiger partial charge is 0.272 e. The molecule has 2 aromatic carbocycles. The summed E-state index contributed by atoms with van der Waals surface area (Å²) in [5.74, 6) is 0.360. The molecule has 0 saturated carbocycles. The first-order valence-corrected chi connectivity index (χ1v) is 8.44. The third-order valence-corrected chi connectivity index (χ3v) is 4.04. The summed E-state index contributed by atoms with van der Waals surface area (Å²) in [6.45, 7) is 5.32. The first-order chi connectivity index (χ1) is 12.8. The van der Waals surface area contributed by atoms with Gasteiger partial charge in [-0.15, -0.1) is 0 Å². The average Bonchev–Trinajstić information content (AvgIpc) is 2.63. The van der Waals surface area contributed by atoms with Crippen LogP contribution in [0.3, 0.4) is 0 Å². The van der Waals surface area contributed by atoms with E-state index in [0.717, 1.165) is 11.1 Å². The van der Waals surface area contributed by atoms with Gasteiger partial charge in [0.15, 0.2) is 11.5 Å². The summed E-state index contributed by atoms with van der Waals surface area (Å²) in [7, 11) is 3.08. The maximum absolute atomic E-state index is 12.7. The Morgan fingerprint density at radius 2 is 1.63 bits per heavy atom. The molecule has 2 amide bonds. The molecule has 0 heterocycles. The number of hydrogen-bond donors (Lipinski definition) is 2. The number of benzene rings is 2. The van der Waals surface area contributed by atoms with E-state index in [9.17, 15) is 9.59 Å². The van der Waals surface area contributed by atoms with Crippen LogP contribution < -0.4 is 20.1 Å². The number of amides is 2. The Morgan fingerprint density at radius 1 is 0.926 bits per heavy atom. The van der Waals surface area contributed by atoms with Crippen molar-refractivity contribution >= 4 is 23.6 Å². The van der Waals surface area contributed by atoms with E-state index in [1.54, 1.807) is 31.4 Å². The minimum Gasteiger partial charge on any atom is -0.493 e. The first kappa shape index (κ1) is 20.0. The molecule has 0 saturated heterocycles. The van der Waals surface area contributed by atoms with Gasteiger partial charge in [0.05, 0.1) is 14.2 Å². The number of aryl methyl sites for hydroxylation is 2. The lowest BCUT2D eigenvalue weighted by molar-refractivity contribution is -0.120. The molecule has 0 unspecified atom stereocenters. The monoisotopic (exact) mass is 368 g/mol. The van der Waals surface area contributed by atoms with Crippen molar-refractivity contribution in [3.8, 4) is 11.5 Å². The fraction of sp³-hybridized carbons (Fsp3) is 0.238. The van der Waals surface area contributed by atoms with Crippen LogP contribution in [0.1, 0.15) is 23.6 Å². The first-order valence-electron chi connectivity index (χ1n) is 8.44. The summed E-state index contributed by atoms with van der Waals surface area (Å²) in [6, 6.07) is 10.9. The van der Waals surface area contributed by atoms with Gasteiger partial charge in [-0.2, -0.15) is 0 Å². The van der Waals surface area contributed by atoms with Crippen molar-refractivity contribution < 1.29 is 19.1 Å². The van der Waals surface area contributed by atoms with Crippen LogP contribution >= 0.6 is 0 Å². The third-order valence-electron chi connectivity index (χ3n) is 4.04. The van der Waals surface area contributed by atoms with Crippen LogP contribution in [-0.2, 0) is 9.59 Å². The predicted molar refractivity (Wildman–Crippen MR) is 106 cm³/mol. The molecule has 27 heavy (non-hydrogen) atoms. The van der Waals surface area contributed by atoms with Gasteiger partial charge in [0.25, 0.3) is 5.91 Å². The molecule has 142 valence electrons. The van der Waals surface area contributed by atoms with E-state index in [1.807, 2.05) is 32.0 Å². The lowest BCUT2D eigenvalue weighted by atomic mass is 10.1. The Hall–Kier alpha value is -3.28. The van der Waals surface area contributed by atoms with Crippen molar-refractivity contribution in [3.05, 3.63) is 58.8 Å². The van der Waals surface area contributed by atoms with Gasteiger partial charge in [0.1, 0.15) is 5.70 Å². The molecule has 0 atom stereocenters. The van der Waals surface area contributed by atoms with E-state index in [4.69, 9.17) is 9.47 Å². The second kappa shape index (κ2) is 8.89. The van der Waals surface area contributed by atoms with Crippen LogP contribution in [0.2, 0.25) is 0 Å². The van der Waals surface area contributed by atoms with E-state index in [1.165, 1.54) is 14.0 Å². The predicted octanol–water partition coefficient (Wildman–Crippen LogP) is 3.44. The summed E-state index contributed by atoms with van der Waals surface area (Å²) in [4.78, 5) is 24.2. The molecule has 0 aliphatic carbocycles. The number of nitrogens with one attached hydrogen (secondary N) is 2. The highest BCUT2D eigenvalue weighted by atomic mass is 16.5. The molecule has 0 bridgehead atoms. The molecule has 2 aromatic rings. The van der Waals surface area contributed by atoms with Gasteiger partial charge in [-0.3, -0.25) is 9.59 Å². The molecule has 2 rings (SSSR count). The Labute approximate surface area is 159 Å². The zero-order valence-corrected chi connectivity index (χ0v) is 16.2. The van der Waals surface area contributed by atoms with Crippen LogP contribution in [0.25, 0.3) is 6.08 Å². The summed E-state index contributed by atoms with van der Waals surface area (Å²) in [5.41, 5.74) is 3.68. The Bertz CT molecular complexity index is 888. The molecule has 6 nitrogen and oxygen atoms in total. The summed E-state index contributed by atoms with van der Waals surface area (Å²) in [5, 5.41) is 5.39. The Balaban J connectivity index is 2.33. The van der Waals surface area contributed by atoms with E-state index in [2.05, 4.69) is 10.6 Å². The molecular formula is C21H24N2O4. The molecule has 0 fully saturated rings. The summed E-state index contributed by atoms with van der Waals surface area (Å²) >= 11 is 0. The van der Waals surface area contributed by atoms with Crippen molar-refractivity contribution in [1.82, 2.24) is 5.32 Å². The van der Waals surface area contributed by atoms with Crippen molar-refractivity contribution in [3.63, 3.8) is 0 Å². The number of carbonyl (C=O) groups excluding carboxylic acids is 2. The maximum Gasteiger partial charge on any atom is 0.272 e. The summed E-state index contributed by atoms with van der Waals surface area (Å²) in [6.07, 6.45) is 1.58. The molecule has 0 aliphatic rings. The fourth-order valence-electron chi connectivity index (χ4n) is 2.47. The zero-order valence-electron chi connectivity index (χ0n) is 16.2. The van der Waals surface area contributed by atoms with E-state index < -0.39 is 5.91 Å². The fourth-order valence-corrected chi connectivity index (χ4v) is 2.47. The molecular weight excluding hydrogens is 344 g/mol. The van der Waals surface area contributed by atoms with Gasteiger partial charge >= 0.3 is 0 Å². The Morgan fingerprint density at radius 3 is 2.22 bits per heavy atom. The van der Waals surface area contributed by atoms with Crippen LogP contribution in [0, 0.1) is 13.8 Å². The lowest BCUT2D eigenvalue weighted by Crippen LogP contribution is -2.29. The van der Waals surface area contributed by atoms with Gasteiger partial charge in [0, 0.05) is 12.6 Å². The molecule has 0 aromatic heterocycles. The molecule has 0 spiro atoms. The Kier molecular flexibility index (Phi) is 6.60. The van der Waals surface area contributed by atoms with Gasteiger partial charge in [0.2, 0.25) is 5.91 Å². The lowest BCUT2D eigenvalue weighted by Gasteiger charge is -2.12. The number of rotatable bonds is 6. The molecule has 2 N–H and O–H groups in total. The number of hydrogen-bond acceptors (Lipinski definition) is 4. The van der Waals surface area contributed by atoms with E-state index in [0.29, 0.717) is 22.7 Å². The molecule has 0 radical (unpaired) electrons. The van der Waals surface area contributed by atoms with Crippen molar-refractivity contribution in [2.75, 3.05) is 19.5 Å². The third kappa shape index (κ3) is 5.34. The standard InChI is InChI=1S/C21H24N2O4/c1-13-6-8-17(10-14(13)2)23-21(25)18(22-15(3)24)11-16-7-9-19(26-4)20(12-16)27-5/h6-12H,1-5H3,(H,22,24)(H,23,25)/b18-11+. The van der Waals surface area contributed by atoms with Crippen LogP contribution in [-0.4, -0.2) is 26.0 Å². The number of methoxy groups -OCH3 is 2. The maximum atomic E-state index is 12.7. The normalized spacial score (nSPS) is 10.9. The topological polar surface area (TPSA) is 76.7 Å². The van der Waals surface area contributed by atoms with E-state index in [-0.39, 0.29) is 11.6 Å². The minimum absolute atomic E-state index is 0.132.